The third kappa shape index (κ3) is 4.93. The lowest BCUT2D eigenvalue weighted by atomic mass is 10.1. The molecule has 0 bridgehead atoms. The molecule has 7 nitrogen and oxygen atoms in total. The number of piperidine rings is 1. The number of ether oxygens (including phenoxy) is 1. The summed E-state index contributed by atoms with van der Waals surface area (Å²) in [5, 5.41) is 0. The zero-order chi connectivity index (χ0) is 18.4. The smallest absolute Gasteiger partial charge is 0.250 e. The van der Waals surface area contributed by atoms with E-state index in [0.717, 1.165) is 30.2 Å². The maximum atomic E-state index is 12.2. The van der Waals surface area contributed by atoms with Crippen LogP contribution in [0.5, 0.6) is 5.88 Å². The Morgan fingerprint density at radius 2 is 2.04 bits per heavy atom. The Balaban J connectivity index is 1.50. The van der Waals surface area contributed by atoms with E-state index in [9.17, 15) is 8.42 Å². The maximum absolute atomic E-state index is 12.2. The summed E-state index contributed by atoms with van der Waals surface area (Å²) in [7, 11) is -3.48. The minimum atomic E-state index is -3.48. The molecule has 1 saturated heterocycles. The number of rotatable bonds is 8. The van der Waals surface area contributed by atoms with Crippen molar-refractivity contribution in [3.05, 3.63) is 29.4 Å². The van der Waals surface area contributed by atoms with Gasteiger partial charge in [0, 0.05) is 30.6 Å². The Kier molecular flexibility index (Phi) is 6.44. The summed E-state index contributed by atoms with van der Waals surface area (Å²) in [6, 6.07) is 5.30. The van der Waals surface area contributed by atoms with Gasteiger partial charge in [-0.25, -0.2) is 23.1 Å². The van der Waals surface area contributed by atoms with E-state index >= 15 is 0 Å². The first kappa shape index (κ1) is 19.1. The van der Waals surface area contributed by atoms with Crippen LogP contribution in [-0.4, -0.2) is 44.6 Å². The molecule has 0 spiro atoms. The summed E-state index contributed by atoms with van der Waals surface area (Å²) in [6.07, 6.45) is 5.92. The summed E-state index contributed by atoms with van der Waals surface area (Å²) in [5.74, 6) is 1.32. The fourth-order valence-corrected chi connectivity index (χ4v) is 5.15. The number of nitrogens with one attached hydrogen (secondary N) is 1. The van der Waals surface area contributed by atoms with Gasteiger partial charge in [-0.05, 0) is 37.8 Å². The van der Waals surface area contributed by atoms with Crippen molar-refractivity contribution in [3.63, 3.8) is 0 Å². The quantitative estimate of drug-likeness (QED) is 0.690. The van der Waals surface area contributed by atoms with Gasteiger partial charge in [-0.2, -0.15) is 0 Å². The second-order valence-corrected chi connectivity index (χ2v) is 9.24. The van der Waals surface area contributed by atoms with E-state index in [1.54, 1.807) is 6.07 Å². The standard InChI is InChI=1S/C17H24N4O3S2/c1-2-14-6-7-17(25-14)26(22,23)20-8-11-24-16-12-15(18-13-19-16)21-9-4-3-5-10-21/h6-7,12-13,20H,2-5,8-11H2,1H3. The van der Waals surface area contributed by atoms with Crippen LogP contribution in [0, 0.1) is 0 Å². The van der Waals surface area contributed by atoms with Gasteiger partial charge in [-0.1, -0.05) is 6.92 Å². The molecule has 2 aromatic rings. The highest BCUT2D eigenvalue weighted by Gasteiger charge is 2.16. The average molecular weight is 397 g/mol. The van der Waals surface area contributed by atoms with E-state index in [4.69, 9.17) is 4.74 Å². The van der Waals surface area contributed by atoms with Crippen LogP contribution in [0.2, 0.25) is 0 Å². The number of hydrogen-bond donors (Lipinski definition) is 1. The second-order valence-electron chi connectivity index (χ2n) is 6.08. The first-order valence-corrected chi connectivity index (χ1v) is 11.2. The molecule has 1 N–H and O–H groups in total. The molecule has 0 amide bonds. The van der Waals surface area contributed by atoms with Gasteiger partial charge >= 0.3 is 0 Å². The molecule has 142 valence electrons. The average Bonchev–Trinajstić information content (AvgIpc) is 3.17. The normalized spacial score (nSPS) is 15.2. The highest BCUT2D eigenvalue weighted by atomic mass is 32.2. The number of aryl methyl sites for hydroxylation is 1. The lowest BCUT2D eigenvalue weighted by molar-refractivity contribution is 0.310. The number of aromatic nitrogens is 2. The SMILES string of the molecule is CCc1ccc(S(=O)(=O)NCCOc2cc(N3CCCCC3)ncn2)s1. The van der Waals surface area contributed by atoms with Crippen molar-refractivity contribution in [2.75, 3.05) is 31.1 Å². The summed E-state index contributed by atoms with van der Waals surface area (Å²) >= 11 is 1.29. The number of thiophene rings is 1. The van der Waals surface area contributed by atoms with Crippen molar-refractivity contribution in [3.8, 4) is 5.88 Å². The molecule has 2 aromatic heterocycles. The van der Waals surface area contributed by atoms with E-state index in [2.05, 4.69) is 19.6 Å². The first-order chi connectivity index (χ1) is 12.6. The molecular weight excluding hydrogens is 372 g/mol. The molecule has 9 heteroatoms. The Morgan fingerprint density at radius 1 is 1.23 bits per heavy atom. The van der Waals surface area contributed by atoms with E-state index in [-0.39, 0.29) is 13.2 Å². The predicted octanol–water partition coefficient (Wildman–Crippen LogP) is 2.45. The molecule has 26 heavy (non-hydrogen) atoms. The molecule has 1 aliphatic rings. The molecule has 0 unspecified atom stereocenters. The Morgan fingerprint density at radius 3 is 2.77 bits per heavy atom. The third-order valence-corrected chi connectivity index (χ3v) is 7.38. The zero-order valence-corrected chi connectivity index (χ0v) is 16.5. The van der Waals surface area contributed by atoms with Crippen LogP contribution in [0.25, 0.3) is 0 Å². The summed E-state index contributed by atoms with van der Waals surface area (Å²) in [6.45, 7) is 4.39. The molecule has 0 aromatic carbocycles. The fourth-order valence-electron chi connectivity index (χ4n) is 2.80. The lowest BCUT2D eigenvalue weighted by Crippen LogP contribution is -2.30. The van der Waals surface area contributed by atoms with Crippen molar-refractivity contribution in [1.29, 1.82) is 0 Å². The molecule has 0 saturated carbocycles. The highest BCUT2D eigenvalue weighted by Crippen LogP contribution is 2.22. The van der Waals surface area contributed by atoms with Crippen LogP contribution in [0.15, 0.2) is 28.7 Å². The van der Waals surface area contributed by atoms with Gasteiger partial charge in [0.25, 0.3) is 0 Å². The second kappa shape index (κ2) is 8.79. The van der Waals surface area contributed by atoms with Gasteiger partial charge in [0.15, 0.2) is 0 Å². The van der Waals surface area contributed by atoms with E-state index in [0.29, 0.717) is 10.1 Å². The summed E-state index contributed by atoms with van der Waals surface area (Å²) in [4.78, 5) is 11.7. The molecule has 3 heterocycles. The van der Waals surface area contributed by atoms with Gasteiger partial charge in [-0.15, -0.1) is 11.3 Å². The van der Waals surface area contributed by atoms with Gasteiger partial charge in [0.05, 0.1) is 0 Å². The van der Waals surface area contributed by atoms with Crippen LogP contribution in [0.1, 0.15) is 31.1 Å². The Labute approximate surface area is 158 Å². The monoisotopic (exact) mass is 396 g/mol. The van der Waals surface area contributed by atoms with Gasteiger partial charge < -0.3 is 9.64 Å². The van der Waals surface area contributed by atoms with Crippen LogP contribution >= 0.6 is 11.3 Å². The molecule has 0 atom stereocenters. The van der Waals surface area contributed by atoms with Crippen molar-refractivity contribution in [1.82, 2.24) is 14.7 Å². The highest BCUT2D eigenvalue weighted by molar-refractivity contribution is 7.91. The lowest BCUT2D eigenvalue weighted by Gasteiger charge is -2.27. The van der Waals surface area contributed by atoms with E-state index < -0.39 is 10.0 Å². The topological polar surface area (TPSA) is 84.4 Å². The number of sulfonamides is 1. The third-order valence-electron chi connectivity index (χ3n) is 4.20. The Bertz CT molecular complexity index is 817. The molecule has 1 aliphatic heterocycles. The minimum Gasteiger partial charge on any atom is -0.476 e. The zero-order valence-electron chi connectivity index (χ0n) is 14.8. The molecule has 0 radical (unpaired) electrons. The van der Waals surface area contributed by atoms with Crippen molar-refractivity contribution >= 4 is 27.2 Å². The minimum absolute atomic E-state index is 0.185. The molecule has 0 aliphatic carbocycles. The van der Waals surface area contributed by atoms with E-state index in [1.807, 2.05) is 19.1 Å². The largest absolute Gasteiger partial charge is 0.476 e. The van der Waals surface area contributed by atoms with Crippen LogP contribution < -0.4 is 14.4 Å². The van der Waals surface area contributed by atoms with Crippen LogP contribution in [0.3, 0.4) is 0 Å². The first-order valence-electron chi connectivity index (χ1n) is 8.86. The number of anilines is 1. The van der Waals surface area contributed by atoms with Gasteiger partial charge in [0.1, 0.15) is 23.0 Å². The summed E-state index contributed by atoms with van der Waals surface area (Å²) < 4.78 is 33.0. The van der Waals surface area contributed by atoms with E-state index in [1.165, 1.54) is 36.9 Å². The van der Waals surface area contributed by atoms with Crippen molar-refractivity contribution in [2.45, 2.75) is 36.8 Å². The molecular formula is C17H24N4O3S2. The number of nitrogens with zero attached hydrogens (tertiary/aromatic N) is 3. The predicted molar refractivity (Wildman–Crippen MR) is 102 cm³/mol. The fraction of sp³-hybridized carbons (Fsp3) is 0.529. The van der Waals surface area contributed by atoms with Gasteiger partial charge in [0.2, 0.25) is 15.9 Å². The van der Waals surface area contributed by atoms with Crippen LogP contribution in [-0.2, 0) is 16.4 Å². The molecule has 3 rings (SSSR count). The number of hydrogen-bond acceptors (Lipinski definition) is 7. The molecule has 1 fully saturated rings. The van der Waals surface area contributed by atoms with Crippen LogP contribution in [0.4, 0.5) is 5.82 Å². The maximum Gasteiger partial charge on any atom is 0.250 e. The summed E-state index contributed by atoms with van der Waals surface area (Å²) in [5.41, 5.74) is 0. The van der Waals surface area contributed by atoms with Crippen molar-refractivity contribution in [2.24, 2.45) is 0 Å². The van der Waals surface area contributed by atoms with Gasteiger partial charge in [-0.3, -0.25) is 0 Å². The van der Waals surface area contributed by atoms with Crippen molar-refractivity contribution < 1.29 is 13.2 Å². The Hall–Kier alpha value is -1.71.